The highest BCUT2D eigenvalue weighted by Gasteiger charge is 2.26. The van der Waals surface area contributed by atoms with Gasteiger partial charge in [-0.1, -0.05) is 53.7 Å². The molecule has 1 nitrogen and oxygen atoms in total. The van der Waals surface area contributed by atoms with E-state index in [0.29, 0.717) is 5.57 Å². The molecule has 17 heavy (non-hydrogen) atoms. The zero-order valence-electron chi connectivity index (χ0n) is 9.83. The van der Waals surface area contributed by atoms with Crippen LogP contribution in [0.2, 0.25) is 0 Å². The number of allylic oxidation sites excluding steroid dienone is 3. The van der Waals surface area contributed by atoms with Crippen molar-refractivity contribution in [1.82, 2.24) is 0 Å². The fourth-order valence-electron chi connectivity index (χ4n) is 2.43. The first-order chi connectivity index (χ1) is 8.19. The maximum absolute atomic E-state index is 9.04. The van der Waals surface area contributed by atoms with Crippen molar-refractivity contribution in [2.75, 3.05) is 0 Å². The van der Waals surface area contributed by atoms with Crippen LogP contribution in [-0.4, -0.2) is 0 Å². The molecular formula is C15H14BrN. The van der Waals surface area contributed by atoms with Gasteiger partial charge in [0.05, 0.1) is 6.07 Å². The van der Waals surface area contributed by atoms with Crippen LogP contribution in [0.25, 0.3) is 5.57 Å². The third kappa shape index (κ3) is 2.08. The fraction of sp³-hybridized carbons (Fsp3) is 0.267. The molecule has 1 aliphatic carbocycles. The molecule has 1 aromatic carbocycles. The molecule has 0 bridgehead atoms. The fourth-order valence-corrected chi connectivity index (χ4v) is 3.22. The summed E-state index contributed by atoms with van der Waals surface area (Å²) in [4.78, 5) is 0. The quantitative estimate of drug-likeness (QED) is 0.753. The molecule has 0 saturated heterocycles. The Morgan fingerprint density at radius 2 is 2.24 bits per heavy atom. The molecule has 1 aromatic rings. The molecule has 1 atom stereocenters. The van der Waals surface area contributed by atoms with Crippen LogP contribution in [0, 0.1) is 17.2 Å². The summed E-state index contributed by atoms with van der Waals surface area (Å²) in [5.74, 6) is 0.137. The number of halogens is 1. The molecule has 0 aliphatic heterocycles. The van der Waals surface area contributed by atoms with E-state index < -0.39 is 0 Å². The van der Waals surface area contributed by atoms with E-state index in [4.69, 9.17) is 5.26 Å². The molecule has 0 heterocycles. The zero-order chi connectivity index (χ0) is 12.4. The van der Waals surface area contributed by atoms with Crippen molar-refractivity contribution in [1.29, 1.82) is 5.26 Å². The van der Waals surface area contributed by atoms with E-state index in [-0.39, 0.29) is 5.92 Å². The van der Waals surface area contributed by atoms with Gasteiger partial charge in [-0.3, -0.25) is 0 Å². The number of benzene rings is 1. The molecule has 0 aromatic heterocycles. The van der Waals surface area contributed by atoms with E-state index in [1.165, 1.54) is 21.2 Å². The van der Waals surface area contributed by atoms with Gasteiger partial charge in [0, 0.05) is 22.4 Å². The van der Waals surface area contributed by atoms with Crippen LogP contribution in [0.5, 0.6) is 0 Å². The summed E-state index contributed by atoms with van der Waals surface area (Å²) in [5, 5.41) is 9.04. The van der Waals surface area contributed by atoms with Gasteiger partial charge in [-0.2, -0.15) is 5.26 Å². The standard InChI is InChI=1S/C15H14BrN/c1-3-12(10(2)9-17)15-13-7-5-4-6-11(13)8-14(15)16/h4-7,12H,2-3,8H2,1H3/t12-/m1/s1. The van der Waals surface area contributed by atoms with Crippen LogP contribution in [0.4, 0.5) is 0 Å². The van der Waals surface area contributed by atoms with E-state index in [1.807, 2.05) is 6.07 Å². The highest BCUT2D eigenvalue weighted by molar-refractivity contribution is 9.11. The number of rotatable bonds is 3. The average Bonchev–Trinajstić information content (AvgIpc) is 2.67. The van der Waals surface area contributed by atoms with Crippen LogP contribution in [0.1, 0.15) is 24.5 Å². The number of hydrogen-bond acceptors (Lipinski definition) is 1. The highest BCUT2D eigenvalue weighted by Crippen LogP contribution is 2.43. The first-order valence-corrected chi connectivity index (χ1v) is 6.54. The molecule has 0 radical (unpaired) electrons. The summed E-state index contributed by atoms with van der Waals surface area (Å²) in [7, 11) is 0. The molecule has 0 saturated carbocycles. The number of nitriles is 1. The molecule has 86 valence electrons. The third-order valence-electron chi connectivity index (χ3n) is 3.27. The Balaban J connectivity index is 2.48. The molecule has 1 aliphatic rings. The SMILES string of the molecule is C=C(C#N)[C@@H](CC)C1=C(Br)Cc2ccccc21. The van der Waals surface area contributed by atoms with E-state index in [9.17, 15) is 0 Å². The lowest BCUT2D eigenvalue weighted by molar-refractivity contribution is 0.769. The number of hydrogen-bond donors (Lipinski definition) is 0. The summed E-state index contributed by atoms with van der Waals surface area (Å²) in [6.07, 6.45) is 1.84. The maximum atomic E-state index is 9.04. The van der Waals surface area contributed by atoms with Crippen molar-refractivity contribution < 1.29 is 0 Å². The zero-order valence-corrected chi connectivity index (χ0v) is 11.4. The largest absolute Gasteiger partial charge is 0.193 e. The number of fused-ring (bicyclic) bond motifs is 1. The van der Waals surface area contributed by atoms with Crippen LogP contribution >= 0.6 is 15.9 Å². The Kier molecular flexibility index (Phi) is 3.49. The second-order valence-corrected chi connectivity index (χ2v) is 5.21. The molecular weight excluding hydrogens is 274 g/mol. The van der Waals surface area contributed by atoms with Gasteiger partial charge in [-0.05, 0) is 23.1 Å². The topological polar surface area (TPSA) is 23.8 Å². The van der Waals surface area contributed by atoms with Crippen LogP contribution in [0.3, 0.4) is 0 Å². The van der Waals surface area contributed by atoms with E-state index >= 15 is 0 Å². The van der Waals surface area contributed by atoms with Crippen molar-refractivity contribution in [2.24, 2.45) is 5.92 Å². The lowest BCUT2D eigenvalue weighted by Crippen LogP contribution is -2.04. The summed E-state index contributed by atoms with van der Waals surface area (Å²) in [5.41, 5.74) is 4.49. The van der Waals surface area contributed by atoms with Gasteiger partial charge < -0.3 is 0 Å². The molecule has 0 amide bonds. The molecule has 0 N–H and O–H groups in total. The monoisotopic (exact) mass is 287 g/mol. The normalized spacial score (nSPS) is 15.4. The highest BCUT2D eigenvalue weighted by atomic mass is 79.9. The van der Waals surface area contributed by atoms with Crippen LogP contribution in [0.15, 0.2) is 40.9 Å². The average molecular weight is 288 g/mol. The Hall–Kier alpha value is -1.33. The predicted octanol–water partition coefficient (Wildman–Crippen LogP) is 4.45. The first kappa shape index (κ1) is 12.1. The van der Waals surface area contributed by atoms with Crippen molar-refractivity contribution in [3.05, 3.63) is 52.0 Å². The Morgan fingerprint density at radius 3 is 2.88 bits per heavy atom. The minimum absolute atomic E-state index is 0.137. The van der Waals surface area contributed by atoms with E-state index in [0.717, 1.165) is 12.8 Å². The first-order valence-electron chi connectivity index (χ1n) is 5.74. The van der Waals surface area contributed by atoms with Gasteiger partial charge >= 0.3 is 0 Å². The van der Waals surface area contributed by atoms with Crippen LogP contribution in [-0.2, 0) is 6.42 Å². The van der Waals surface area contributed by atoms with Crippen molar-refractivity contribution in [3.63, 3.8) is 0 Å². The summed E-state index contributed by atoms with van der Waals surface area (Å²) in [6, 6.07) is 10.6. The van der Waals surface area contributed by atoms with Gasteiger partial charge in [0.1, 0.15) is 0 Å². The smallest absolute Gasteiger partial charge is 0.0947 e. The Labute approximate surface area is 111 Å². The van der Waals surface area contributed by atoms with Crippen LogP contribution < -0.4 is 0 Å². The molecule has 2 heteroatoms. The Bertz CT molecular complexity index is 534. The van der Waals surface area contributed by atoms with Gasteiger partial charge in [0.15, 0.2) is 0 Å². The molecule has 2 rings (SSSR count). The van der Waals surface area contributed by atoms with Crippen molar-refractivity contribution in [2.45, 2.75) is 19.8 Å². The van der Waals surface area contributed by atoms with Gasteiger partial charge in [-0.25, -0.2) is 0 Å². The number of nitrogens with zero attached hydrogens (tertiary/aromatic N) is 1. The van der Waals surface area contributed by atoms with Gasteiger partial charge in [0.25, 0.3) is 0 Å². The summed E-state index contributed by atoms with van der Waals surface area (Å²) in [6.45, 7) is 5.98. The van der Waals surface area contributed by atoms with E-state index in [1.54, 1.807) is 0 Å². The third-order valence-corrected chi connectivity index (χ3v) is 3.97. The lowest BCUT2D eigenvalue weighted by atomic mass is 9.87. The minimum Gasteiger partial charge on any atom is -0.193 e. The van der Waals surface area contributed by atoms with Gasteiger partial charge in [-0.15, -0.1) is 0 Å². The molecule has 0 unspecified atom stereocenters. The minimum atomic E-state index is 0.137. The predicted molar refractivity (Wildman–Crippen MR) is 74.5 cm³/mol. The second kappa shape index (κ2) is 4.89. The van der Waals surface area contributed by atoms with E-state index in [2.05, 4.69) is 53.7 Å². The molecule has 0 spiro atoms. The van der Waals surface area contributed by atoms with Crippen molar-refractivity contribution in [3.8, 4) is 6.07 Å². The summed E-state index contributed by atoms with van der Waals surface area (Å²) >= 11 is 3.65. The molecule has 0 fully saturated rings. The second-order valence-electron chi connectivity index (χ2n) is 4.25. The van der Waals surface area contributed by atoms with Crippen molar-refractivity contribution >= 4 is 21.5 Å². The summed E-state index contributed by atoms with van der Waals surface area (Å²) < 4.78 is 1.20. The maximum Gasteiger partial charge on any atom is 0.0947 e. The lowest BCUT2D eigenvalue weighted by Gasteiger charge is -2.17. The van der Waals surface area contributed by atoms with Gasteiger partial charge in [0.2, 0.25) is 0 Å². The Morgan fingerprint density at radius 1 is 1.53 bits per heavy atom.